The Hall–Kier alpha value is -1.47. The van der Waals surface area contributed by atoms with Crippen molar-refractivity contribution in [2.45, 2.75) is 30.9 Å². The fourth-order valence-electron chi connectivity index (χ4n) is 1.44. The maximum Gasteiger partial charge on any atom is 0.231 e. The van der Waals surface area contributed by atoms with E-state index in [2.05, 4.69) is 6.07 Å². The molecule has 0 saturated carbocycles. The first-order chi connectivity index (χ1) is 7.84. The lowest BCUT2D eigenvalue weighted by atomic mass is 9.91. The molecule has 2 N–H and O–H groups in total. The Labute approximate surface area is 106 Å². The number of nitrogens with zero attached hydrogens (tertiary/aromatic N) is 1. The van der Waals surface area contributed by atoms with Gasteiger partial charge in [0.2, 0.25) is 5.91 Å². The van der Waals surface area contributed by atoms with Gasteiger partial charge >= 0.3 is 0 Å². The van der Waals surface area contributed by atoms with Crippen LogP contribution in [0.15, 0.2) is 29.2 Å². The molecule has 1 aromatic rings. The van der Waals surface area contributed by atoms with Crippen LogP contribution in [0.2, 0.25) is 0 Å². The number of primary amides is 1. The molecule has 1 rings (SSSR count). The van der Waals surface area contributed by atoms with Crippen LogP contribution in [0, 0.1) is 16.7 Å². The largest absolute Gasteiger partial charge is 0.369 e. The van der Waals surface area contributed by atoms with Gasteiger partial charge in [-0.3, -0.25) is 4.79 Å². The van der Waals surface area contributed by atoms with E-state index in [1.165, 1.54) is 11.8 Å². The molecule has 0 radical (unpaired) electrons. The highest BCUT2D eigenvalue weighted by atomic mass is 32.2. The molecule has 1 unspecified atom stereocenters. The van der Waals surface area contributed by atoms with Gasteiger partial charge in [0.15, 0.2) is 0 Å². The molecule has 0 bridgehead atoms. The smallest absolute Gasteiger partial charge is 0.231 e. The molecular weight excluding hydrogens is 232 g/mol. The van der Waals surface area contributed by atoms with Gasteiger partial charge in [-0.25, -0.2) is 0 Å². The van der Waals surface area contributed by atoms with Crippen LogP contribution >= 0.6 is 11.8 Å². The monoisotopic (exact) mass is 248 g/mol. The summed E-state index contributed by atoms with van der Waals surface area (Å²) in [5.74, 6) is -0.329. The molecule has 0 heterocycles. The summed E-state index contributed by atoms with van der Waals surface area (Å²) < 4.78 is 0. The minimum Gasteiger partial charge on any atom is -0.369 e. The molecular formula is C13H16N2OS. The van der Waals surface area contributed by atoms with Crippen LogP contribution in [0.4, 0.5) is 0 Å². The first-order valence-corrected chi connectivity index (χ1v) is 6.18. The van der Waals surface area contributed by atoms with Crippen molar-refractivity contribution in [3.8, 4) is 6.07 Å². The number of hydrogen-bond acceptors (Lipinski definition) is 3. The van der Waals surface area contributed by atoms with Gasteiger partial charge in [0, 0.05) is 4.90 Å². The number of benzene rings is 1. The summed E-state index contributed by atoms with van der Waals surface area (Å²) in [6.07, 6.45) is 0. The lowest BCUT2D eigenvalue weighted by Crippen LogP contribution is -2.36. The second-order valence-corrected chi connectivity index (χ2v) is 6.08. The van der Waals surface area contributed by atoms with Gasteiger partial charge < -0.3 is 5.73 Å². The molecule has 0 aromatic heterocycles. The standard InChI is InChI=1S/C13H16N2OS/c1-13(2,3)11(12(15)16)17-10-6-4-5-9(7-10)8-14/h4-7,11H,1-3H3,(H2,15,16). The predicted octanol–water partition coefficient (Wildman–Crippen LogP) is 2.55. The van der Waals surface area contributed by atoms with Gasteiger partial charge in [0.25, 0.3) is 0 Å². The SMILES string of the molecule is CC(C)(C)C(Sc1cccc(C#N)c1)C(N)=O. The maximum atomic E-state index is 11.4. The van der Waals surface area contributed by atoms with E-state index in [9.17, 15) is 4.79 Å². The van der Waals surface area contributed by atoms with Crippen molar-refractivity contribution in [3.63, 3.8) is 0 Å². The van der Waals surface area contributed by atoms with E-state index in [1.807, 2.05) is 32.9 Å². The van der Waals surface area contributed by atoms with Gasteiger partial charge in [-0.1, -0.05) is 26.8 Å². The summed E-state index contributed by atoms with van der Waals surface area (Å²) in [5, 5.41) is 8.51. The maximum absolute atomic E-state index is 11.4. The fraction of sp³-hybridized carbons (Fsp3) is 0.385. The van der Waals surface area contributed by atoms with Crippen molar-refractivity contribution in [2.75, 3.05) is 0 Å². The summed E-state index contributed by atoms with van der Waals surface area (Å²) in [6, 6.07) is 9.28. The summed E-state index contributed by atoms with van der Waals surface area (Å²) in [7, 11) is 0. The summed E-state index contributed by atoms with van der Waals surface area (Å²) in [4.78, 5) is 12.3. The van der Waals surface area contributed by atoms with Gasteiger partial charge in [-0.15, -0.1) is 11.8 Å². The molecule has 1 aromatic carbocycles. The molecule has 0 aliphatic rings. The third-order valence-corrected chi connectivity index (χ3v) is 3.96. The molecule has 90 valence electrons. The van der Waals surface area contributed by atoms with Crippen LogP contribution in [-0.4, -0.2) is 11.2 Å². The van der Waals surface area contributed by atoms with Crippen molar-refractivity contribution in [1.29, 1.82) is 5.26 Å². The zero-order chi connectivity index (χ0) is 13.1. The number of nitriles is 1. The second-order valence-electron chi connectivity index (χ2n) is 4.91. The van der Waals surface area contributed by atoms with Gasteiger partial charge in [-0.05, 0) is 23.6 Å². The molecule has 0 spiro atoms. The molecule has 17 heavy (non-hydrogen) atoms. The van der Waals surface area contributed by atoms with Crippen LogP contribution in [0.5, 0.6) is 0 Å². The van der Waals surface area contributed by atoms with Crippen molar-refractivity contribution >= 4 is 17.7 Å². The van der Waals surface area contributed by atoms with E-state index in [1.54, 1.807) is 12.1 Å². The number of carbonyl (C=O) groups excluding carboxylic acids is 1. The quantitative estimate of drug-likeness (QED) is 0.836. The zero-order valence-electron chi connectivity index (χ0n) is 10.2. The molecule has 0 saturated heterocycles. The van der Waals surface area contributed by atoms with Gasteiger partial charge in [-0.2, -0.15) is 5.26 Å². The van der Waals surface area contributed by atoms with Crippen LogP contribution < -0.4 is 5.73 Å². The Balaban J connectivity index is 2.95. The van der Waals surface area contributed by atoms with E-state index in [0.29, 0.717) is 5.56 Å². The number of thioether (sulfide) groups is 1. The van der Waals surface area contributed by atoms with Crippen molar-refractivity contribution in [2.24, 2.45) is 11.1 Å². The highest BCUT2D eigenvalue weighted by Gasteiger charge is 2.30. The molecule has 0 fully saturated rings. The second kappa shape index (κ2) is 5.24. The molecule has 3 nitrogen and oxygen atoms in total. The Morgan fingerprint density at radius 2 is 2.12 bits per heavy atom. The third-order valence-electron chi connectivity index (χ3n) is 2.26. The van der Waals surface area contributed by atoms with E-state index < -0.39 is 0 Å². The minimum absolute atomic E-state index is 0.209. The average molecular weight is 248 g/mol. The van der Waals surface area contributed by atoms with E-state index in [0.717, 1.165) is 4.90 Å². The minimum atomic E-state index is -0.329. The molecule has 1 amide bonds. The predicted molar refractivity (Wildman–Crippen MR) is 69.5 cm³/mol. The summed E-state index contributed by atoms with van der Waals surface area (Å²) in [5.41, 5.74) is 5.80. The van der Waals surface area contributed by atoms with Crippen LogP contribution in [0.1, 0.15) is 26.3 Å². The van der Waals surface area contributed by atoms with E-state index in [-0.39, 0.29) is 16.6 Å². The zero-order valence-corrected chi connectivity index (χ0v) is 11.0. The number of amides is 1. The Kier molecular flexibility index (Phi) is 4.19. The lowest BCUT2D eigenvalue weighted by Gasteiger charge is -2.27. The van der Waals surface area contributed by atoms with E-state index in [4.69, 9.17) is 11.0 Å². The van der Waals surface area contributed by atoms with Crippen molar-refractivity contribution < 1.29 is 4.79 Å². The fourth-order valence-corrected chi connectivity index (χ4v) is 2.53. The highest BCUT2D eigenvalue weighted by Crippen LogP contribution is 2.35. The highest BCUT2D eigenvalue weighted by molar-refractivity contribution is 8.00. The lowest BCUT2D eigenvalue weighted by molar-refractivity contribution is -0.119. The topological polar surface area (TPSA) is 66.9 Å². The average Bonchev–Trinajstić information content (AvgIpc) is 2.24. The number of nitrogens with two attached hydrogens (primary N) is 1. The first kappa shape index (κ1) is 13.6. The van der Waals surface area contributed by atoms with Gasteiger partial charge in [0.05, 0.1) is 16.9 Å². The number of hydrogen-bond donors (Lipinski definition) is 1. The molecule has 1 atom stereocenters. The Morgan fingerprint density at radius 3 is 2.59 bits per heavy atom. The Morgan fingerprint density at radius 1 is 1.47 bits per heavy atom. The third kappa shape index (κ3) is 3.79. The summed E-state index contributed by atoms with van der Waals surface area (Å²) in [6.45, 7) is 5.93. The van der Waals surface area contributed by atoms with E-state index >= 15 is 0 Å². The van der Waals surface area contributed by atoms with Gasteiger partial charge in [0.1, 0.15) is 0 Å². The van der Waals surface area contributed by atoms with Crippen LogP contribution in [-0.2, 0) is 4.79 Å². The Bertz CT molecular complexity index is 457. The first-order valence-electron chi connectivity index (χ1n) is 5.30. The number of rotatable bonds is 3. The number of carbonyl (C=O) groups is 1. The van der Waals surface area contributed by atoms with Crippen LogP contribution in [0.25, 0.3) is 0 Å². The summed E-state index contributed by atoms with van der Waals surface area (Å²) >= 11 is 1.41. The molecule has 0 aliphatic carbocycles. The van der Waals surface area contributed by atoms with Crippen molar-refractivity contribution in [3.05, 3.63) is 29.8 Å². The van der Waals surface area contributed by atoms with Crippen molar-refractivity contribution in [1.82, 2.24) is 0 Å². The molecule has 4 heteroatoms. The normalized spacial score (nSPS) is 12.8. The molecule has 0 aliphatic heterocycles. The van der Waals surface area contributed by atoms with Crippen LogP contribution in [0.3, 0.4) is 0 Å².